The van der Waals surface area contributed by atoms with Crippen LogP contribution in [0.25, 0.3) is 43.1 Å². The number of fused-ring (bicyclic) bond motifs is 4. The minimum Gasteiger partial charge on any atom is -0.467 e. The highest BCUT2D eigenvalue weighted by atomic mass is 16.5. The van der Waals surface area contributed by atoms with Crippen molar-refractivity contribution in [2.75, 3.05) is 7.11 Å². The lowest BCUT2D eigenvalue weighted by molar-refractivity contribution is -0.142. The lowest BCUT2D eigenvalue weighted by Gasteiger charge is -2.20. The quantitative estimate of drug-likeness (QED) is 0.216. The van der Waals surface area contributed by atoms with E-state index in [2.05, 4.69) is 41.7 Å². The lowest BCUT2D eigenvalue weighted by atomic mass is 9.92. The average molecular weight is 484 g/mol. The Balaban J connectivity index is 1.47. The van der Waals surface area contributed by atoms with Gasteiger partial charge in [0.1, 0.15) is 6.04 Å². The summed E-state index contributed by atoms with van der Waals surface area (Å²) in [5, 5.41) is 11.0. The Morgan fingerprint density at radius 1 is 0.649 bits per heavy atom. The molecule has 0 aromatic heterocycles. The van der Waals surface area contributed by atoms with Crippen LogP contribution < -0.4 is 5.32 Å². The van der Waals surface area contributed by atoms with Crippen molar-refractivity contribution in [2.45, 2.75) is 12.5 Å². The first-order valence-electron chi connectivity index (χ1n) is 12.3. The number of nitrogens with one attached hydrogen (secondary N) is 1. The second kappa shape index (κ2) is 9.40. The van der Waals surface area contributed by atoms with Gasteiger partial charge in [-0.05, 0) is 60.8 Å². The molecule has 1 amide bonds. The molecule has 6 aromatic carbocycles. The third kappa shape index (κ3) is 4.07. The Labute approximate surface area is 214 Å². The summed E-state index contributed by atoms with van der Waals surface area (Å²) in [7, 11) is 1.36. The van der Waals surface area contributed by atoms with Crippen LogP contribution in [0.3, 0.4) is 0 Å². The Morgan fingerprint density at radius 2 is 1.05 bits per heavy atom. The van der Waals surface area contributed by atoms with Crippen LogP contribution in [0.15, 0.2) is 109 Å². The molecule has 0 fully saturated rings. The first-order chi connectivity index (χ1) is 18.1. The van der Waals surface area contributed by atoms with E-state index in [0.29, 0.717) is 12.0 Å². The van der Waals surface area contributed by atoms with Gasteiger partial charge in [-0.1, -0.05) is 97.1 Å². The minimum atomic E-state index is -0.857. The van der Waals surface area contributed by atoms with Crippen LogP contribution in [0.4, 0.5) is 0 Å². The molecule has 0 saturated carbocycles. The molecule has 0 radical (unpaired) electrons. The number of amides is 1. The number of carbonyl (C=O) groups is 2. The van der Waals surface area contributed by atoms with Crippen LogP contribution in [0.5, 0.6) is 0 Å². The molecule has 1 atom stereocenters. The van der Waals surface area contributed by atoms with Crippen molar-refractivity contribution >= 4 is 55.0 Å². The molecule has 0 unspecified atom stereocenters. The number of esters is 1. The molecule has 6 rings (SSSR count). The van der Waals surface area contributed by atoms with Crippen molar-refractivity contribution in [1.82, 2.24) is 5.32 Å². The van der Waals surface area contributed by atoms with Crippen molar-refractivity contribution in [1.29, 1.82) is 0 Å². The van der Waals surface area contributed by atoms with E-state index in [1.54, 1.807) is 0 Å². The first-order valence-corrected chi connectivity index (χ1v) is 12.3. The Bertz CT molecular complexity index is 1710. The zero-order valence-electron chi connectivity index (χ0n) is 20.4. The molecule has 0 saturated heterocycles. The highest BCUT2D eigenvalue weighted by Crippen LogP contribution is 2.31. The van der Waals surface area contributed by atoms with Gasteiger partial charge in [-0.25, -0.2) is 4.79 Å². The molecule has 0 spiro atoms. The van der Waals surface area contributed by atoms with E-state index in [1.807, 2.05) is 72.8 Å². The molecule has 4 heteroatoms. The molecule has 4 nitrogen and oxygen atoms in total. The van der Waals surface area contributed by atoms with Crippen LogP contribution in [0.2, 0.25) is 0 Å². The van der Waals surface area contributed by atoms with Crippen LogP contribution in [-0.4, -0.2) is 25.0 Å². The van der Waals surface area contributed by atoms with Gasteiger partial charge in [0, 0.05) is 6.42 Å². The molecule has 0 bridgehead atoms. The zero-order chi connectivity index (χ0) is 25.4. The van der Waals surface area contributed by atoms with E-state index in [-0.39, 0.29) is 5.91 Å². The van der Waals surface area contributed by atoms with Gasteiger partial charge in [-0.15, -0.1) is 0 Å². The van der Waals surface area contributed by atoms with Crippen molar-refractivity contribution in [3.05, 3.63) is 120 Å². The summed E-state index contributed by atoms with van der Waals surface area (Å²) in [6.45, 7) is 0. The molecule has 0 heterocycles. The van der Waals surface area contributed by atoms with E-state index in [9.17, 15) is 9.59 Å². The second-order valence-corrected chi connectivity index (χ2v) is 9.24. The van der Waals surface area contributed by atoms with Gasteiger partial charge < -0.3 is 10.1 Å². The Kier molecular flexibility index (Phi) is 5.78. The normalized spacial score (nSPS) is 12.1. The second-order valence-electron chi connectivity index (χ2n) is 9.24. The summed E-state index contributed by atoms with van der Waals surface area (Å²) in [6, 6.07) is 35.3. The van der Waals surface area contributed by atoms with Gasteiger partial charge >= 0.3 is 5.97 Å². The van der Waals surface area contributed by atoms with Crippen LogP contribution in [0.1, 0.15) is 15.9 Å². The predicted molar refractivity (Wildman–Crippen MR) is 150 cm³/mol. The molecular weight excluding hydrogens is 458 g/mol. The van der Waals surface area contributed by atoms with E-state index < -0.39 is 12.0 Å². The van der Waals surface area contributed by atoms with Gasteiger partial charge in [0.25, 0.3) is 5.91 Å². The predicted octanol–water partition coefficient (Wildman–Crippen LogP) is 6.81. The molecule has 180 valence electrons. The first kappa shape index (κ1) is 22.7. The smallest absolute Gasteiger partial charge is 0.328 e. The molecule has 0 aliphatic carbocycles. The molecule has 37 heavy (non-hydrogen) atoms. The number of ether oxygens (including phenoxy) is 1. The van der Waals surface area contributed by atoms with Crippen LogP contribution >= 0.6 is 0 Å². The van der Waals surface area contributed by atoms with E-state index in [4.69, 9.17) is 4.74 Å². The van der Waals surface area contributed by atoms with Crippen molar-refractivity contribution in [2.24, 2.45) is 0 Å². The Morgan fingerprint density at radius 3 is 1.51 bits per heavy atom. The molecule has 6 aromatic rings. The topological polar surface area (TPSA) is 55.4 Å². The Hall–Kier alpha value is -4.70. The summed E-state index contributed by atoms with van der Waals surface area (Å²) in [5.41, 5.74) is 1.57. The summed E-state index contributed by atoms with van der Waals surface area (Å²) >= 11 is 0. The maximum absolute atomic E-state index is 13.9. The number of methoxy groups -OCH3 is 1. The monoisotopic (exact) mass is 483 g/mol. The summed E-state index contributed by atoms with van der Waals surface area (Å²) < 4.78 is 5.17. The van der Waals surface area contributed by atoms with E-state index in [0.717, 1.165) is 48.7 Å². The zero-order valence-corrected chi connectivity index (χ0v) is 20.4. The standard InChI is InChI=1S/C33H25NO3/c1-37-33(36)30(20-29-25-14-6-2-10-21(25)18-22-11-3-7-15-26(22)29)34-32(35)31-27-16-8-4-12-23(27)19-24-13-5-9-17-28(24)31/h2-19,30H,20H2,1H3,(H,34,35)/t30-/m0/s1. The number of hydrogen-bond acceptors (Lipinski definition) is 3. The van der Waals surface area contributed by atoms with Gasteiger partial charge in [-0.3, -0.25) is 4.79 Å². The van der Waals surface area contributed by atoms with Crippen molar-refractivity contribution in [3.63, 3.8) is 0 Å². The summed E-state index contributed by atoms with van der Waals surface area (Å²) in [4.78, 5) is 26.9. The van der Waals surface area contributed by atoms with E-state index in [1.165, 1.54) is 7.11 Å². The third-order valence-electron chi connectivity index (χ3n) is 7.08. The van der Waals surface area contributed by atoms with Crippen molar-refractivity contribution < 1.29 is 14.3 Å². The fourth-order valence-electron chi connectivity index (χ4n) is 5.36. The summed E-state index contributed by atoms with van der Waals surface area (Å²) in [6.07, 6.45) is 0.309. The van der Waals surface area contributed by atoms with Gasteiger partial charge in [0.15, 0.2) is 0 Å². The van der Waals surface area contributed by atoms with E-state index >= 15 is 0 Å². The lowest BCUT2D eigenvalue weighted by Crippen LogP contribution is -2.43. The molecular formula is C33H25NO3. The van der Waals surface area contributed by atoms with Crippen LogP contribution in [0, 0.1) is 0 Å². The summed E-state index contributed by atoms with van der Waals surface area (Å²) in [5.74, 6) is -0.775. The number of benzene rings is 6. The largest absolute Gasteiger partial charge is 0.467 e. The number of carbonyl (C=O) groups excluding carboxylic acids is 2. The SMILES string of the molecule is COC(=O)[C@H](Cc1c2ccccc2cc2ccccc12)NC(=O)c1c2ccccc2cc2ccccc12. The highest BCUT2D eigenvalue weighted by molar-refractivity contribution is 6.18. The molecule has 1 N–H and O–H groups in total. The average Bonchev–Trinajstić information content (AvgIpc) is 2.94. The minimum absolute atomic E-state index is 0.298. The van der Waals surface area contributed by atoms with Gasteiger partial charge in [0.05, 0.1) is 12.7 Å². The maximum Gasteiger partial charge on any atom is 0.328 e. The third-order valence-corrected chi connectivity index (χ3v) is 7.08. The fourth-order valence-corrected chi connectivity index (χ4v) is 5.36. The maximum atomic E-state index is 13.9. The van der Waals surface area contributed by atoms with Gasteiger partial charge in [-0.2, -0.15) is 0 Å². The molecule has 0 aliphatic rings. The highest BCUT2D eigenvalue weighted by Gasteiger charge is 2.26. The number of hydrogen-bond donors (Lipinski definition) is 1. The van der Waals surface area contributed by atoms with Gasteiger partial charge in [0.2, 0.25) is 0 Å². The number of rotatable bonds is 5. The molecule has 0 aliphatic heterocycles. The van der Waals surface area contributed by atoms with Crippen molar-refractivity contribution in [3.8, 4) is 0 Å². The fraction of sp³-hybridized carbons (Fsp3) is 0.0909. The van der Waals surface area contributed by atoms with Crippen LogP contribution in [-0.2, 0) is 16.0 Å².